The Kier molecular flexibility index (Phi) is 7.64. The van der Waals surface area contributed by atoms with E-state index >= 15 is 0 Å². The van der Waals surface area contributed by atoms with Crippen molar-refractivity contribution < 1.29 is 4.79 Å². The number of amides is 1. The van der Waals surface area contributed by atoms with Gasteiger partial charge in [0.25, 0.3) is 5.91 Å². The van der Waals surface area contributed by atoms with Crippen molar-refractivity contribution in [3.05, 3.63) is 87.9 Å². The molecule has 0 aliphatic rings. The number of hydrogen-bond donors (Lipinski definition) is 3. The van der Waals surface area contributed by atoms with E-state index in [1.54, 1.807) is 24.6 Å². The van der Waals surface area contributed by atoms with Crippen molar-refractivity contribution in [2.45, 2.75) is 32.7 Å². The molecule has 4 N–H and O–H groups in total. The molecule has 2 aromatic rings. The van der Waals surface area contributed by atoms with Crippen LogP contribution in [0.15, 0.2) is 67.0 Å². The van der Waals surface area contributed by atoms with E-state index < -0.39 is 0 Å². The van der Waals surface area contributed by atoms with E-state index in [1.165, 1.54) is 4.88 Å². The Bertz CT molecular complexity index is 881. The van der Waals surface area contributed by atoms with E-state index in [-0.39, 0.29) is 11.9 Å². The first-order valence-corrected chi connectivity index (χ1v) is 10.1. The minimum absolute atomic E-state index is 0.147. The van der Waals surface area contributed by atoms with E-state index in [4.69, 9.17) is 5.73 Å². The topological polar surface area (TPSA) is 67.1 Å². The zero-order valence-electron chi connectivity index (χ0n) is 16.8. The molecule has 0 aliphatic heterocycles. The first kappa shape index (κ1) is 21.5. The van der Waals surface area contributed by atoms with Gasteiger partial charge in [-0.3, -0.25) is 4.79 Å². The summed E-state index contributed by atoms with van der Waals surface area (Å²) in [5.41, 5.74) is 9.75. The van der Waals surface area contributed by atoms with Crippen molar-refractivity contribution in [3.63, 3.8) is 0 Å². The van der Waals surface area contributed by atoms with Gasteiger partial charge in [0.2, 0.25) is 0 Å². The molecule has 1 heterocycles. The highest BCUT2D eigenvalue weighted by Gasteiger charge is 2.21. The summed E-state index contributed by atoms with van der Waals surface area (Å²) in [6, 6.07) is 12.0. The van der Waals surface area contributed by atoms with Gasteiger partial charge in [0.05, 0.1) is 5.57 Å². The lowest BCUT2D eigenvalue weighted by Crippen LogP contribution is -2.38. The lowest BCUT2D eigenvalue weighted by atomic mass is 9.98. The summed E-state index contributed by atoms with van der Waals surface area (Å²) < 4.78 is 0. The molecule has 0 bridgehead atoms. The monoisotopic (exact) mass is 395 g/mol. The zero-order chi connectivity index (χ0) is 20.7. The van der Waals surface area contributed by atoms with Gasteiger partial charge in [0.1, 0.15) is 0 Å². The molecular formula is C23H29N3OS. The Morgan fingerprint density at radius 2 is 1.93 bits per heavy atom. The predicted octanol–water partition coefficient (Wildman–Crippen LogP) is 4.07. The zero-order valence-corrected chi connectivity index (χ0v) is 17.7. The molecule has 148 valence electrons. The second-order valence-electron chi connectivity index (χ2n) is 6.87. The molecule has 0 radical (unpaired) electrons. The lowest BCUT2D eigenvalue weighted by molar-refractivity contribution is -0.117. The highest BCUT2D eigenvalue weighted by molar-refractivity contribution is 7.12. The molecule has 1 unspecified atom stereocenters. The molecule has 1 atom stereocenters. The first-order chi connectivity index (χ1) is 13.3. The smallest absolute Gasteiger partial charge is 0.253 e. The van der Waals surface area contributed by atoms with Crippen LogP contribution < -0.4 is 16.4 Å². The van der Waals surface area contributed by atoms with Gasteiger partial charge in [-0.25, -0.2) is 0 Å². The number of nitrogens with two attached hydrogens (primary N) is 1. The standard InChI is InChI=1S/C23H29N3OS/c1-15(24)11-20(13-19-9-7-6-8-10-19)26-23(27)22(14-25-5)17(3)21-12-16(2)28-18(21)4/h6-10,12,14,20,25H,1,3,11,13,24H2,2,4-5H3,(H,26,27)/b22-14+. The van der Waals surface area contributed by atoms with Gasteiger partial charge in [-0.2, -0.15) is 0 Å². The summed E-state index contributed by atoms with van der Waals surface area (Å²) in [6.07, 6.45) is 2.89. The normalized spacial score (nSPS) is 12.3. The van der Waals surface area contributed by atoms with Crippen LogP contribution in [0.2, 0.25) is 0 Å². The molecule has 1 aromatic carbocycles. The molecule has 1 amide bonds. The van der Waals surface area contributed by atoms with Crippen molar-refractivity contribution in [3.8, 4) is 0 Å². The third kappa shape index (κ3) is 5.86. The fourth-order valence-corrected chi connectivity index (χ4v) is 4.11. The van der Waals surface area contributed by atoms with Crippen LogP contribution in [-0.2, 0) is 11.2 Å². The van der Waals surface area contributed by atoms with Gasteiger partial charge in [-0.1, -0.05) is 43.5 Å². The average molecular weight is 396 g/mol. The molecule has 5 heteroatoms. The Balaban J connectivity index is 2.22. The molecule has 28 heavy (non-hydrogen) atoms. The van der Waals surface area contributed by atoms with Crippen molar-refractivity contribution in [2.75, 3.05) is 7.05 Å². The van der Waals surface area contributed by atoms with Crippen LogP contribution in [0.3, 0.4) is 0 Å². The molecule has 0 saturated carbocycles. The Labute approximate surface area is 171 Å². The molecule has 4 nitrogen and oxygen atoms in total. The Morgan fingerprint density at radius 3 is 2.46 bits per heavy atom. The fourth-order valence-electron chi connectivity index (χ4n) is 3.16. The molecule has 0 spiro atoms. The number of thiophene rings is 1. The summed E-state index contributed by atoms with van der Waals surface area (Å²) >= 11 is 1.70. The number of benzene rings is 1. The van der Waals surface area contributed by atoms with Gasteiger partial charge in [-0.05, 0) is 43.0 Å². The minimum atomic E-state index is -0.176. The van der Waals surface area contributed by atoms with Crippen LogP contribution in [0.1, 0.15) is 27.3 Å². The van der Waals surface area contributed by atoms with Crippen molar-refractivity contribution >= 4 is 22.8 Å². The third-order valence-electron chi connectivity index (χ3n) is 4.39. The predicted molar refractivity (Wildman–Crippen MR) is 120 cm³/mol. The van der Waals surface area contributed by atoms with Crippen molar-refractivity contribution in [1.82, 2.24) is 10.6 Å². The number of carbonyl (C=O) groups is 1. The van der Waals surface area contributed by atoms with Crippen LogP contribution in [0, 0.1) is 13.8 Å². The minimum Gasteiger partial charge on any atom is -0.402 e. The Hall–Kier alpha value is -2.79. The number of aryl methyl sites for hydroxylation is 2. The SMILES string of the molecule is C=C(N)CC(Cc1ccccc1)NC(=O)/C(=C/NC)C(=C)c1cc(C)sc1C. The fraction of sp³-hybridized carbons (Fsp3) is 0.261. The second kappa shape index (κ2) is 9.95. The van der Waals surface area contributed by atoms with Gasteiger partial charge in [0.15, 0.2) is 0 Å². The second-order valence-corrected chi connectivity index (χ2v) is 8.34. The summed E-state index contributed by atoms with van der Waals surface area (Å²) in [5.74, 6) is -0.176. The number of hydrogen-bond acceptors (Lipinski definition) is 4. The average Bonchev–Trinajstić information content (AvgIpc) is 2.97. The summed E-state index contributed by atoms with van der Waals surface area (Å²) in [6.45, 7) is 12.1. The van der Waals surface area contributed by atoms with Crippen molar-refractivity contribution in [2.24, 2.45) is 5.73 Å². The van der Waals surface area contributed by atoms with Crippen LogP contribution >= 0.6 is 11.3 Å². The quantitative estimate of drug-likeness (QED) is 0.443. The van der Waals surface area contributed by atoms with E-state index in [0.717, 1.165) is 16.0 Å². The summed E-state index contributed by atoms with van der Waals surface area (Å²) in [7, 11) is 1.77. The van der Waals surface area contributed by atoms with Crippen LogP contribution in [0.25, 0.3) is 5.57 Å². The van der Waals surface area contributed by atoms with Gasteiger partial charge >= 0.3 is 0 Å². The Morgan fingerprint density at radius 1 is 1.25 bits per heavy atom. The van der Waals surface area contributed by atoms with E-state index in [0.29, 0.717) is 29.7 Å². The van der Waals surface area contributed by atoms with Gasteiger partial charge < -0.3 is 16.4 Å². The molecule has 0 aliphatic carbocycles. The van der Waals surface area contributed by atoms with Gasteiger partial charge in [0, 0.05) is 41.2 Å². The lowest BCUT2D eigenvalue weighted by Gasteiger charge is -2.21. The third-order valence-corrected chi connectivity index (χ3v) is 5.36. The number of carbonyl (C=O) groups excluding carboxylic acids is 1. The number of nitrogens with one attached hydrogen (secondary N) is 2. The molecule has 1 aromatic heterocycles. The maximum atomic E-state index is 13.1. The largest absolute Gasteiger partial charge is 0.402 e. The van der Waals surface area contributed by atoms with Gasteiger partial charge in [-0.15, -0.1) is 11.3 Å². The summed E-state index contributed by atoms with van der Waals surface area (Å²) in [4.78, 5) is 15.4. The molecular weight excluding hydrogens is 366 g/mol. The maximum Gasteiger partial charge on any atom is 0.253 e. The molecule has 0 fully saturated rings. The van der Waals surface area contributed by atoms with Crippen LogP contribution in [-0.4, -0.2) is 19.0 Å². The molecule has 2 rings (SSSR count). The maximum absolute atomic E-state index is 13.1. The summed E-state index contributed by atoms with van der Waals surface area (Å²) in [5, 5.41) is 6.08. The number of rotatable bonds is 9. The van der Waals surface area contributed by atoms with Crippen molar-refractivity contribution in [1.29, 1.82) is 0 Å². The molecule has 0 saturated heterocycles. The highest BCUT2D eigenvalue weighted by Crippen LogP contribution is 2.30. The van der Waals surface area contributed by atoms with E-state index in [2.05, 4.69) is 36.8 Å². The van der Waals surface area contributed by atoms with Crippen LogP contribution in [0.5, 0.6) is 0 Å². The van der Waals surface area contributed by atoms with Crippen LogP contribution in [0.4, 0.5) is 0 Å². The highest BCUT2D eigenvalue weighted by atomic mass is 32.1. The van der Waals surface area contributed by atoms with E-state index in [1.807, 2.05) is 37.3 Å². The first-order valence-electron chi connectivity index (χ1n) is 9.24. The van der Waals surface area contributed by atoms with E-state index in [9.17, 15) is 4.79 Å².